The molecule has 2 aromatic rings. The molecule has 0 radical (unpaired) electrons. The van der Waals surface area contributed by atoms with Gasteiger partial charge in [0.1, 0.15) is 11.4 Å². The average molecular weight is 381 g/mol. The molecule has 1 N–H and O–H groups in total. The first kappa shape index (κ1) is 17.6. The SMILES string of the molecule is Cc1ccc(C(=O)N2C[C@@H](c3ccc(F)cc3)[C@@H]3[C@H]2C2CCN3CC2)c(=O)[nH]1. The number of fused-ring (bicyclic) bond motifs is 2. The number of amides is 1. The topological polar surface area (TPSA) is 56.4 Å². The molecule has 6 rings (SSSR count). The summed E-state index contributed by atoms with van der Waals surface area (Å²) in [6.45, 7) is 4.48. The quantitative estimate of drug-likeness (QED) is 0.870. The van der Waals surface area contributed by atoms with Crippen LogP contribution in [0.15, 0.2) is 41.2 Å². The van der Waals surface area contributed by atoms with Crippen LogP contribution in [-0.4, -0.2) is 52.4 Å². The highest BCUT2D eigenvalue weighted by atomic mass is 19.1. The number of nitrogens with zero attached hydrogens (tertiary/aromatic N) is 2. The number of aryl methyl sites for hydroxylation is 1. The molecule has 146 valence electrons. The Balaban J connectivity index is 1.54. The van der Waals surface area contributed by atoms with Crippen LogP contribution in [0.25, 0.3) is 0 Å². The fraction of sp³-hybridized carbons (Fsp3) is 0.455. The highest BCUT2D eigenvalue weighted by molar-refractivity contribution is 5.94. The number of halogens is 1. The molecule has 3 atom stereocenters. The Morgan fingerprint density at radius 2 is 1.79 bits per heavy atom. The van der Waals surface area contributed by atoms with E-state index in [1.54, 1.807) is 19.1 Å². The zero-order valence-corrected chi connectivity index (χ0v) is 15.9. The van der Waals surface area contributed by atoms with Crippen LogP contribution in [0.2, 0.25) is 0 Å². The molecule has 28 heavy (non-hydrogen) atoms. The van der Waals surface area contributed by atoms with Crippen molar-refractivity contribution in [3.8, 4) is 0 Å². The Morgan fingerprint density at radius 1 is 1.07 bits per heavy atom. The lowest BCUT2D eigenvalue weighted by Gasteiger charge is -2.51. The normalized spacial score (nSPS) is 31.1. The molecule has 1 aromatic carbocycles. The van der Waals surface area contributed by atoms with Gasteiger partial charge in [-0.25, -0.2) is 4.39 Å². The maximum Gasteiger partial charge on any atom is 0.260 e. The molecular weight excluding hydrogens is 357 g/mol. The van der Waals surface area contributed by atoms with Crippen molar-refractivity contribution in [3.05, 3.63) is 69.4 Å². The van der Waals surface area contributed by atoms with Gasteiger partial charge in [0, 0.05) is 24.2 Å². The summed E-state index contributed by atoms with van der Waals surface area (Å²) in [4.78, 5) is 32.9. The molecule has 4 aliphatic rings. The third-order valence-corrected chi connectivity index (χ3v) is 6.84. The Morgan fingerprint density at radius 3 is 2.46 bits per heavy atom. The number of piperidine rings is 3. The molecule has 0 unspecified atom stereocenters. The van der Waals surface area contributed by atoms with E-state index in [0.717, 1.165) is 37.2 Å². The number of benzene rings is 1. The Bertz CT molecular complexity index is 962. The van der Waals surface area contributed by atoms with Crippen molar-refractivity contribution in [2.24, 2.45) is 5.92 Å². The molecule has 5 nitrogen and oxygen atoms in total. The number of rotatable bonds is 2. The van der Waals surface area contributed by atoms with Crippen LogP contribution in [0, 0.1) is 18.7 Å². The Labute approximate surface area is 163 Å². The van der Waals surface area contributed by atoms with Gasteiger partial charge in [0.25, 0.3) is 11.5 Å². The number of aromatic nitrogens is 1. The molecule has 4 fully saturated rings. The number of hydrogen-bond acceptors (Lipinski definition) is 3. The predicted molar refractivity (Wildman–Crippen MR) is 104 cm³/mol. The van der Waals surface area contributed by atoms with Crippen molar-refractivity contribution in [2.75, 3.05) is 19.6 Å². The van der Waals surface area contributed by atoms with Crippen molar-refractivity contribution in [1.29, 1.82) is 0 Å². The molecule has 0 saturated carbocycles. The molecule has 1 amide bonds. The van der Waals surface area contributed by atoms with Crippen LogP contribution in [-0.2, 0) is 0 Å². The van der Waals surface area contributed by atoms with E-state index in [9.17, 15) is 14.0 Å². The summed E-state index contributed by atoms with van der Waals surface area (Å²) in [5, 5.41) is 0. The van der Waals surface area contributed by atoms with Crippen LogP contribution in [0.3, 0.4) is 0 Å². The molecule has 0 aliphatic carbocycles. The van der Waals surface area contributed by atoms with Gasteiger partial charge in [-0.15, -0.1) is 0 Å². The van der Waals surface area contributed by atoms with Gasteiger partial charge in [-0.05, 0) is 68.6 Å². The maximum absolute atomic E-state index is 13.4. The highest BCUT2D eigenvalue weighted by Crippen LogP contribution is 2.46. The summed E-state index contributed by atoms with van der Waals surface area (Å²) < 4.78 is 13.4. The van der Waals surface area contributed by atoms with E-state index in [0.29, 0.717) is 12.5 Å². The number of hydrogen-bond donors (Lipinski definition) is 1. The fourth-order valence-electron chi connectivity index (χ4n) is 5.55. The molecule has 1 aromatic heterocycles. The van der Waals surface area contributed by atoms with Crippen LogP contribution < -0.4 is 5.56 Å². The Hall–Kier alpha value is -2.47. The zero-order chi connectivity index (χ0) is 19.4. The van der Waals surface area contributed by atoms with E-state index >= 15 is 0 Å². The molecule has 5 heterocycles. The summed E-state index contributed by atoms with van der Waals surface area (Å²) >= 11 is 0. The lowest BCUT2D eigenvalue weighted by atomic mass is 9.75. The minimum absolute atomic E-state index is 0.116. The van der Waals surface area contributed by atoms with Gasteiger partial charge >= 0.3 is 0 Å². The monoisotopic (exact) mass is 381 g/mol. The van der Waals surface area contributed by atoms with Crippen LogP contribution >= 0.6 is 0 Å². The van der Waals surface area contributed by atoms with Crippen molar-refractivity contribution < 1.29 is 9.18 Å². The number of carbonyl (C=O) groups excluding carboxylic acids is 1. The van der Waals surface area contributed by atoms with Crippen LogP contribution in [0.4, 0.5) is 4.39 Å². The zero-order valence-electron chi connectivity index (χ0n) is 15.9. The summed E-state index contributed by atoms with van der Waals surface area (Å²) in [6, 6.07) is 10.4. The van der Waals surface area contributed by atoms with E-state index < -0.39 is 0 Å². The fourth-order valence-corrected chi connectivity index (χ4v) is 5.55. The van der Waals surface area contributed by atoms with Crippen molar-refractivity contribution in [2.45, 2.75) is 37.8 Å². The van der Waals surface area contributed by atoms with Crippen molar-refractivity contribution in [1.82, 2.24) is 14.8 Å². The maximum atomic E-state index is 13.4. The second kappa shape index (κ2) is 6.55. The van der Waals surface area contributed by atoms with E-state index in [1.807, 2.05) is 17.0 Å². The van der Waals surface area contributed by atoms with Gasteiger partial charge in [0.2, 0.25) is 0 Å². The number of nitrogens with one attached hydrogen (secondary N) is 1. The second-order valence-electron chi connectivity index (χ2n) is 8.35. The van der Waals surface area contributed by atoms with Gasteiger partial charge < -0.3 is 9.88 Å². The summed E-state index contributed by atoms with van der Waals surface area (Å²) in [5.74, 6) is 0.175. The average Bonchev–Trinajstić information content (AvgIpc) is 3.12. The summed E-state index contributed by atoms with van der Waals surface area (Å²) in [5.41, 5.74) is 1.69. The predicted octanol–water partition coefficient (Wildman–Crippen LogP) is 2.52. The first-order valence-electron chi connectivity index (χ1n) is 10.0. The van der Waals surface area contributed by atoms with E-state index in [1.165, 1.54) is 12.1 Å². The summed E-state index contributed by atoms with van der Waals surface area (Å²) in [6.07, 6.45) is 2.18. The molecule has 4 aliphatic heterocycles. The lowest BCUT2D eigenvalue weighted by Crippen LogP contribution is -2.61. The van der Waals surface area contributed by atoms with Gasteiger partial charge in [-0.2, -0.15) is 0 Å². The molecule has 2 bridgehead atoms. The number of aromatic amines is 1. The first-order valence-corrected chi connectivity index (χ1v) is 10.0. The largest absolute Gasteiger partial charge is 0.333 e. The third kappa shape index (κ3) is 2.70. The number of likely N-dealkylation sites (tertiary alicyclic amines) is 1. The smallest absolute Gasteiger partial charge is 0.260 e. The van der Waals surface area contributed by atoms with Gasteiger partial charge in [0.15, 0.2) is 0 Å². The Kier molecular flexibility index (Phi) is 4.12. The minimum atomic E-state index is -0.326. The van der Waals surface area contributed by atoms with Crippen molar-refractivity contribution >= 4 is 5.91 Å². The molecule has 4 saturated heterocycles. The van der Waals surface area contributed by atoms with E-state index in [2.05, 4.69) is 9.88 Å². The molecular formula is C22H24FN3O2. The first-order chi connectivity index (χ1) is 13.5. The number of H-pyrrole nitrogens is 1. The third-order valence-electron chi connectivity index (χ3n) is 6.84. The number of carbonyl (C=O) groups is 1. The summed E-state index contributed by atoms with van der Waals surface area (Å²) in [7, 11) is 0. The highest BCUT2D eigenvalue weighted by Gasteiger charge is 2.54. The van der Waals surface area contributed by atoms with Gasteiger partial charge in [-0.3, -0.25) is 14.5 Å². The van der Waals surface area contributed by atoms with E-state index in [-0.39, 0.29) is 40.8 Å². The van der Waals surface area contributed by atoms with Crippen LogP contribution in [0.1, 0.15) is 40.4 Å². The standard InChI is InChI=1S/C22H24FN3O2/c1-13-2-7-17(21(27)24-13)22(28)26-12-18(14-3-5-16(23)6-4-14)20-19(26)15-8-10-25(20)11-9-15/h2-7,15,18-20H,8-12H2,1H3,(H,24,27)/t18-,19+,20+/m0/s1. The lowest BCUT2D eigenvalue weighted by molar-refractivity contribution is -0.00346. The van der Waals surface area contributed by atoms with Gasteiger partial charge in [-0.1, -0.05) is 12.1 Å². The molecule has 0 spiro atoms. The number of pyridine rings is 1. The van der Waals surface area contributed by atoms with Gasteiger partial charge in [0.05, 0.1) is 6.04 Å². The van der Waals surface area contributed by atoms with Crippen molar-refractivity contribution in [3.63, 3.8) is 0 Å². The minimum Gasteiger partial charge on any atom is -0.333 e. The second-order valence-corrected chi connectivity index (χ2v) is 8.35. The molecule has 6 heteroatoms. The van der Waals surface area contributed by atoms with Crippen LogP contribution in [0.5, 0.6) is 0 Å². The van der Waals surface area contributed by atoms with E-state index in [4.69, 9.17) is 0 Å².